The second-order valence-corrected chi connectivity index (χ2v) is 12.2. The fourth-order valence-electron chi connectivity index (χ4n) is 4.60. The highest BCUT2D eigenvalue weighted by molar-refractivity contribution is 7.90. The number of hydrogen-bond donors (Lipinski definition) is 1. The first-order valence-corrected chi connectivity index (χ1v) is 15.2. The molecular formula is C29H28N8O3S. The van der Waals surface area contributed by atoms with Gasteiger partial charge in [-0.15, -0.1) is 10.2 Å². The van der Waals surface area contributed by atoms with Crippen LogP contribution in [0, 0.1) is 6.92 Å². The molecule has 6 aromatic rings. The molecule has 0 aliphatic carbocycles. The Bertz CT molecular complexity index is 1970. The summed E-state index contributed by atoms with van der Waals surface area (Å²) in [6, 6.07) is 15.7. The van der Waals surface area contributed by atoms with E-state index < -0.39 is 9.84 Å². The van der Waals surface area contributed by atoms with Crippen LogP contribution in [0.5, 0.6) is 11.6 Å². The number of benzene rings is 2. The summed E-state index contributed by atoms with van der Waals surface area (Å²) in [7, 11) is -2.92. The van der Waals surface area contributed by atoms with E-state index in [4.69, 9.17) is 4.74 Å². The molecule has 0 fully saturated rings. The van der Waals surface area contributed by atoms with Gasteiger partial charge in [0.15, 0.2) is 5.65 Å². The third-order valence-corrected chi connectivity index (χ3v) is 7.75. The van der Waals surface area contributed by atoms with Crippen LogP contribution < -0.4 is 10.1 Å². The van der Waals surface area contributed by atoms with Gasteiger partial charge in [-0.2, -0.15) is 0 Å². The lowest BCUT2D eigenvalue weighted by atomic mass is 10.1. The Hall–Kier alpha value is -4.84. The van der Waals surface area contributed by atoms with Crippen molar-refractivity contribution in [3.05, 3.63) is 91.0 Å². The molecule has 0 amide bonds. The number of nitrogens with one attached hydrogen (secondary N) is 1. The minimum absolute atomic E-state index is 0.223. The van der Waals surface area contributed by atoms with Gasteiger partial charge in [0.25, 0.3) is 0 Å². The largest absolute Gasteiger partial charge is 0.439 e. The molecule has 6 rings (SSSR count). The summed E-state index contributed by atoms with van der Waals surface area (Å²) in [6.45, 7) is 1.97. The Morgan fingerprint density at radius 1 is 0.976 bits per heavy atom. The maximum atomic E-state index is 11.4. The van der Waals surface area contributed by atoms with Crippen LogP contribution in [0.1, 0.15) is 24.0 Å². The van der Waals surface area contributed by atoms with Crippen LogP contribution in [0.15, 0.2) is 79.9 Å². The lowest BCUT2D eigenvalue weighted by Gasteiger charge is -2.13. The summed E-state index contributed by atoms with van der Waals surface area (Å²) < 4.78 is 32.5. The van der Waals surface area contributed by atoms with Crippen LogP contribution in [0.25, 0.3) is 22.2 Å². The van der Waals surface area contributed by atoms with Crippen LogP contribution in [0.4, 0.5) is 11.5 Å². The van der Waals surface area contributed by atoms with Gasteiger partial charge in [0.1, 0.15) is 40.4 Å². The fourth-order valence-corrected chi connectivity index (χ4v) is 5.33. The number of rotatable bonds is 10. The smallest absolute Gasteiger partial charge is 0.224 e. The van der Waals surface area contributed by atoms with Gasteiger partial charge < -0.3 is 14.6 Å². The van der Waals surface area contributed by atoms with Crippen molar-refractivity contribution < 1.29 is 13.2 Å². The van der Waals surface area contributed by atoms with E-state index in [-0.39, 0.29) is 5.75 Å². The van der Waals surface area contributed by atoms with Crippen molar-refractivity contribution >= 4 is 37.9 Å². The van der Waals surface area contributed by atoms with Gasteiger partial charge in [0, 0.05) is 47.2 Å². The molecule has 0 radical (unpaired) electrons. The van der Waals surface area contributed by atoms with Crippen LogP contribution in [0.3, 0.4) is 0 Å². The predicted octanol–water partition coefficient (Wildman–Crippen LogP) is 5.07. The molecule has 0 unspecified atom stereocenters. The van der Waals surface area contributed by atoms with E-state index in [0.717, 1.165) is 46.2 Å². The highest BCUT2D eigenvalue weighted by atomic mass is 32.2. The molecule has 0 aliphatic rings. The number of aryl methyl sites for hydroxylation is 2. The van der Waals surface area contributed by atoms with Gasteiger partial charge >= 0.3 is 0 Å². The average Bonchev–Trinajstić information content (AvgIpc) is 3.62. The lowest BCUT2D eigenvalue weighted by Crippen LogP contribution is -2.02. The number of ether oxygens (including phenoxy) is 1. The van der Waals surface area contributed by atoms with E-state index in [1.54, 1.807) is 29.4 Å². The highest BCUT2D eigenvalue weighted by Crippen LogP contribution is 2.30. The van der Waals surface area contributed by atoms with E-state index >= 15 is 0 Å². The molecule has 0 saturated carbocycles. The standard InChI is InChI=1S/C29H28N8O3S/c1-20-13-22(6-9-26(20)40-28-15-27-35-33-19-37(27)18-32-28)34-29-24-14-23(7-8-25(24)30-17-31-29)36-11-10-21(16-36)5-3-4-12-41(2,38)39/h6-11,13-19H,3-5,12H2,1-2H3,(H,30,31,34). The summed E-state index contributed by atoms with van der Waals surface area (Å²) in [6.07, 6.45) is 12.4. The summed E-state index contributed by atoms with van der Waals surface area (Å²) in [5, 5.41) is 12.2. The van der Waals surface area contributed by atoms with E-state index in [2.05, 4.69) is 53.4 Å². The summed E-state index contributed by atoms with van der Waals surface area (Å²) in [5.74, 6) is 2.03. The molecule has 4 heterocycles. The molecule has 11 nitrogen and oxygen atoms in total. The molecule has 41 heavy (non-hydrogen) atoms. The fraction of sp³-hybridized carbons (Fsp3) is 0.207. The van der Waals surface area contributed by atoms with Crippen molar-refractivity contribution in [1.29, 1.82) is 0 Å². The molecule has 0 atom stereocenters. The maximum absolute atomic E-state index is 11.4. The van der Waals surface area contributed by atoms with Crippen molar-refractivity contribution in [3.8, 4) is 17.3 Å². The Kier molecular flexibility index (Phi) is 7.06. The normalized spacial score (nSPS) is 11.8. The van der Waals surface area contributed by atoms with Crippen LogP contribution >= 0.6 is 0 Å². The molecule has 2 aromatic carbocycles. The van der Waals surface area contributed by atoms with Crippen LogP contribution in [0.2, 0.25) is 0 Å². The SMILES string of the molecule is Cc1cc(Nc2ncnc3ccc(-n4ccc(CCCCS(C)(=O)=O)c4)cc23)ccc1Oc1cc2nncn2cn1. The number of nitrogens with zero attached hydrogens (tertiary/aromatic N) is 7. The Morgan fingerprint density at radius 2 is 1.88 bits per heavy atom. The third kappa shape index (κ3) is 6.17. The quantitative estimate of drug-likeness (QED) is 0.225. The number of unbranched alkanes of at least 4 members (excludes halogenated alkanes) is 1. The van der Waals surface area contributed by atoms with Gasteiger partial charge in [-0.25, -0.2) is 23.4 Å². The van der Waals surface area contributed by atoms with Gasteiger partial charge in [-0.3, -0.25) is 4.40 Å². The maximum Gasteiger partial charge on any atom is 0.224 e. The topological polar surface area (TPSA) is 129 Å². The molecule has 208 valence electrons. The van der Waals surface area contributed by atoms with Crippen molar-refractivity contribution in [2.75, 3.05) is 17.3 Å². The minimum atomic E-state index is -2.92. The van der Waals surface area contributed by atoms with Crippen molar-refractivity contribution in [2.45, 2.75) is 26.2 Å². The third-order valence-electron chi connectivity index (χ3n) is 6.72. The molecule has 1 N–H and O–H groups in total. The zero-order valence-corrected chi connectivity index (χ0v) is 23.4. The first-order valence-electron chi connectivity index (χ1n) is 13.1. The van der Waals surface area contributed by atoms with E-state index in [1.165, 1.54) is 6.26 Å². The van der Waals surface area contributed by atoms with Gasteiger partial charge in [0.2, 0.25) is 5.88 Å². The highest BCUT2D eigenvalue weighted by Gasteiger charge is 2.10. The number of fused-ring (bicyclic) bond motifs is 2. The molecular weight excluding hydrogens is 540 g/mol. The number of sulfone groups is 1. The minimum Gasteiger partial charge on any atom is -0.439 e. The number of aromatic nitrogens is 7. The van der Waals surface area contributed by atoms with Gasteiger partial charge in [-0.05, 0) is 79.8 Å². The van der Waals surface area contributed by atoms with Crippen molar-refractivity contribution in [2.24, 2.45) is 0 Å². The van der Waals surface area contributed by atoms with E-state index in [9.17, 15) is 8.42 Å². The van der Waals surface area contributed by atoms with Gasteiger partial charge in [-0.1, -0.05) is 0 Å². The lowest BCUT2D eigenvalue weighted by molar-refractivity contribution is 0.458. The molecule has 0 saturated heterocycles. The van der Waals surface area contributed by atoms with Gasteiger partial charge in [0.05, 0.1) is 5.52 Å². The zero-order valence-electron chi connectivity index (χ0n) is 22.6. The first kappa shape index (κ1) is 26.4. The van der Waals surface area contributed by atoms with E-state index in [1.807, 2.05) is 43.5 Å². The summed E-state index contributed by atoms with van der Waals surface area (Å²) >= 11 is 0. The van der Waals surface area contributed by atoms with Crippen LogP contribution in [-0.4, -0.2) is 54.5 Å². The monoisotopic (exact) mass is 568 g/mol. The van der Waals surface area contributed by atoms with Crippen molar-refractivity contribution in [1.82, 2.24) is 34.1 Å². The second kappa shape index (κ2) is 11.0. The summed E-state index contributed by atoms with van der Waals surface area (Å²) in [4.78, 5) is 13.3. The average molecular weight is 569 g/mol. The molecule has 4 aromatic heterocycles. The molecule has 12 heteroatoms. The second-order valence-electron chi connectivity index (χ2n) is 9.97. The summed E-state index contributed by atoms with van der Waals surface area (Å²) in [5.41, 5.74) is 5.41. The zero-order chi connectivity index (χ0) is 28.4. The predicted molar refractivity (Wildman–Crippen MR) is 157 cm³/mol. The molecule has 0 spiro atoms. The van der Waals surface area contributed by atoms with E-state index in [0.29, 0.717) is 29.5 Å². The number of anilines is 2. The molecule has 0 aliphatic heterocycles. The number of hydrogen-bond acceptors (Lipinski definition) is 9. The molecule has 0 bridgehead atoms. The van der Waals surface area contributed by atoms with Crippen molar-refractivity contribution in [3.63, 3.8) is 0 Å². The first-order chi connectivity index (χ1) is 19.8. The Morgan fingerprint density at radius 3 is 2.73 bits per heavy atom. The Labute approximate surface area is 236 Å². The van der Waals surface area contributed by atoms with Crippen LogP contribution in [-0.2, 0) is 16.3 Å². The Balaban J connectivity index is 1.18.